The minimum absolute atomic E-state index is 0.0579. The lowest BCUT2D eigenvalue weighted by molar-refractivity contribution is -0.140. The number of piperidine rings is 1. The van der Waals surface area contributed by atoms with Crippen LogP contribution >= 0.6 is 0 Å². The molecule has 0 spiro atoms. The van der Waals surface area contributed by atoms with E-state index in [1.165, 1.54) is 10.9 Å². The third-order valence-electron chi connectivity index (χ3n) is 5.61. The molecule has 3 heterocycles. The summed E-state index contributed by atoms with van der Waals surface area (Å²) in [6.07, 6.45) is -1.50. The molecule has 30 heavy (non-hydrogen) atoms. The molecule has 1 aliphatic rings. The van der Waals surface area contributed by atoms with Crippen molar-refractivity contribution in [3.8, 4) is 11.3 Å². The van der Waals surface area contributed by atoms with Crippen LogP contribution in [0.1, 0.15) is 30.9 Å². The van der Waals surface area contributed by atoms with Gasteiger partial charge in [0.1, 0.15) is 17.3 Å². The van der Waals surface area contributed by atoms with Crippen LogP contribution < -0.4 is 4.90 Å². The van der Waals surface area contributed by atoms with E-state index >= 15 is 0 Å². The SMILES string of the molecule is Cc1c(F)c(-c2nn(C)c3nc(N4CCC(C)CC4)ncc23)cc(C(F)(F)F)c1F. The molecule has 0 amide bonds. The first-order chi connectivity index (χ1) is 14.1. The summed E-state index contributed by atoms with van der Waals surface area (Å²) >= 11 is 0. The fraction of sp³-hybridized carbons (Fsp3) is 0.450. The minimum Gasteiger partial charge on any atom is -0.341 e. The second-order valence-electron chi connectivity index (χ2n) is 7.77. The van der Waals surface area contributed by atoms with Crippen LogP contribution in [0, 0.1) is 24.5 Å². The molecule has 0 radical (unpaired) electrons. The Morgan fingerprint density at radius 1 is 1.10 bits per heavy atom. The molecule has 0 saturated carbocycles. The van der Waals surface area contributed by atoms with Crippen LogP contribution in [0.25, 0.3) is 22.3 Å². The van der Waals surface area contributed by atoms with Gasteiger partial charge in [0.05, 0.1) is 10.9 Å². The quantitative estimate of drug-likeness (QED) is 0.550. The van der Waals surface area contributed by atoms with E-state index in [1.807, 2.05) is 4.90 Å². The van der Waals surface area contributed by atoms with Crippen molar-refractivity contribution >= 4 is 17.0 Å². The number of fused-ring (bicyclic) bond motifs is 1. The summed E-state index contributed by atoms with van der Waals surface area (Å²) in [6, 6.07) is 0.458. The number of hydrogen-bond donors (Lipinski definition) is 0. The molecular weight excluding hydrogens is 405 g/mol. The van der Waals surface area contributed by atoms with Crippen LogP contribution in [-0.2, 0) is 13.2 Å². The zero-order valence-electron chi connectivity index (χ0n) is 16.7. The van der Waals surface area contributed by atoms with E-state index in [-0.39, 0.29) is 5.69 Å². The predicted molar refractivity (Wildman–Crippen MR) is 102 cm³/mol. The Hall–Kier alpha value is -2.78. The highest BCUT2D eigenvalue weighted by Crippen LogP contribution is 2.39. The van der Waals surface area contributed by atoms with E-state index in [9.17, 15) is 22.0 Å². The molecule has 160 valence electrons. The highest BCUT2D eigenvalue weighted by molar-refractivity contribution is 5.91. The number of benzene rings is 1. The van der Waals surface area contributed by atoms with Crippen molar-refractivity contribution < 1.29 is 22.0 Å². The maximum Gasteiger partial charge on any atom is 0.419 e. The Kier molecular flexibility index (Phi) is 4.90. The fourth-order valence-corrected chi connectivity index (χ4v) is 3.74. The van der Waals surface area contributed by atoms with E-state index < -0.39 is 34.5 Å². The van der Waals surface area contributed by atoms with E-state index in [2.05, 4.69) is 22.0 Å². The molecule has 3 aromatic rings. The van der Waals surface area contributed by atoms with Crippen LogP contribution in [0.2, 0.25) is 0 Å². The monoisotopic (exact) mass is 425 g/mol. The van der Waals surface area contributed by atoms with Crippen LogP contribution in [0.5, 0.6) is 0 Å². The molecule has 1 aliphatic heterocycles. The van der Waals surface area contributed by atoms with Gasteiger partial charge in [0.2, 0.25) is 5.95 Å². The van der Waals surface area contributed by atoms with Crippen LogP contribution in [0.4, 0.5) is 27.9 Å². The molecule has 1 fully saturated rings. The topological polar surface area (TPSA) is 46.8 Å². The molecule has 0 N–H and O–H groups in total. The molecule has 2 aromatic heterocycles. The van der Waals surface area contributed by atoms with Crippen molar-refractivity contribution in [2.24, 2.45) is 13.0 Å². The number of aromatic nitrogens is 4. The van der Waals surface area contributed by atoms with Gasteiger partial charge in [0.25, 0.3) is 0 Å². The lowest BCUT2D eigenvalue weighted by Gasteiger charge is -2.30. The second-order valence-corrected chi connectivity index (χ2v) is 7.77. The van der Waals surface area contributed by atoms with E-state index in [4.69, 9.17) is 0 Å². The highest BCUT2D eigenvalue weighted by atomic mass is 19.4. The molecule has 4 rings (SSSR count). The van der Waals surface area contributed by atoms with Gasteiger partial charge in [-0.05, 0) is 31.7 Å². The zero-order chi connectivity index (χ0) is 21.8. The maximum absolute atomic E-state index is 14.8. The second kappa shape index (κ2) is 7.17. The summed E-state index contributed by atoms with van der Waals surface area (Å²) in [7, 11) is 1.57. The van der Waals surface area contributed by atoms with E-state index in [1.54, 1.807) is 7.05 Å². The molecule has 0 atom stereocenters. The van der Waals surface area contributed by atoms with Crippen molar-refractivity contribution in [2.45, 2.75) is 32.9 Å². The minimum atomic E-state index is -4.96. The number of alkyl halides is 3. The van der Waals surface area contributed by atoms with E-state index in [0.29, 0.717) is 29.0 Å². The lowest BCUT2D eigenvalue weighted by Crippen LogP contribution is -2.34. The van der Waals surface area contributed by atoms with Crippen molar-refractivity contribution in [3.63, 3.8) is 0 Å². The normalized spacial score (nSPS) is 15.9. The van der Waals surface area contributed by atoms with Crippen LogP contribution in [0.3, 0.4) is 0 Å². The summed E-state index contributed by atoms with van der Waals surface area (Å²) in [4.78, 5) is 10.9. The molecule has 10 heteroatoms. The maximum atomic E-state index is 14.8. The molecule has 1 saturated heterocycles. The number of rotatable bonds is 2. The standard InChI is InChI=1S/C20H20F5N5/c1-10-4-6-30(7-5-10)19-26-9-13-17(28-29(3)18(13)27-19)12-8-14(20(23,24)25)16(22)11(2)15(12)21/h8-10H,4-7H2,1-3H3. The molecule has 0 bridgehead atoms. The van der Waals surface area contributed by atoms with E-state index in [0.717, 1.165) is 32.9 Å². The smallest absolute Gasteiger partial charge is 0.341 e. The number of halogens is 5. The van der Waals surface area contributed by atoms with Gasteiger partial charge in [-0.3, -0.25) is 0 Å². The number of hydrogen-bond acceptors (Lipinski definition) is 4. The van der Waals surface area contributed by atoms with Gasteiger partial charge >= 0.3 is 6.18 Å². The Morgan fingerprint density at radius 3 is 2.40 bits per heavy atom. The van der Waals surface area contributed by atoms with Gasteiger partial charge in [-0.15, -0.1) is 0 Å². The summed E-state index contributed by atoms with van der Waals surface area (Å²) in [6.45, 7) is 4.76. The first-order valence-electron chi connectivity index (χ1n) is 9.58. The molecule has 0 unspecified atom stereocenters. The summed E-state index contributed by atoms with van der Waals surface area (Å²) in [5, 5.41) is 4.47. The first kappa shape index (κ1) is 20.5. The number of aryl methyl sites for hydroxylation is 1. The predicted octanol–water partition coefficient (Wildman–Crippen LogP) is 4.87. The largest absolute Gasteiger partial charge is 0.419 e. The van der Waals surface area contributed by atoms with Gasteiger partial charge < -0.3 is 4.90 Å². The molecule has 5 nitrogen and oxygen atoms in total. The zero-order valence-corrected chi connectivity index (χ0v) is 16.7. The summed E-state index contributed by atoms with van der Waals surface area (Å²) in [5.74, 6) is -1.59. The fourth-order valence-electron chi connectivity index (χ4n) is 3.74. The molecular formula is C20H20F5N5. The molecule has 0 aliphatic carbocycles. The average molecular weight is 425 g/mol. The Labute approximate surface area is 169 Å². The van der Waals surface area contributed by atoms with Crippen LogP contribution in [0.15, 0.2) is 12.3 Å². The summed E-state index contributed by atoms with van der Waals surface area (Å²) in [5.41, 5.74) is -2.37. The Bertz CT molecular complexity index is 1110. The van der Waals surface area contributed by atoms with Gasteiger partial charge in [-0.2, -0.15) is 23.3 Å². The summed E-state index contributed by atoms with van der Waals surface area (Å²) < 4.78 is 69.9. The first-order valence-corrected chi connectivity index (χ1v) is 9.58. The molecule has 1 aromatic carbocycles. The van der Waals surface area contributed by atoms with Crippen molar-refractivity contribution in [3.05, 3.63) is 35.0 Å². The number of anilines is 1. The van der Waals surface area contributed by atoms with Crippen molar-refractivity contribution in [1.82, 2.24) is 19.7 Å². The average Bonchev–Trinajstić information content (AvgIpc) is 3.02. The Morgan fingerprint density at radius 2 is 1.77 bits per heavy atom. The van der Waals surface area contributed by atoms with Crippen molar-refractivity contribution in [1.29, 1.82) is 0 Å². The van der Waals surface area contributed by atoms with Gasteiger partial charge in [-0.25, -0.2) is 18.4 Å². The third kappa shape index (κ3) is 3.37. The van der Waals surface area contributed by atoms with Gasteiger partial charge in [0.15, 0.2) is 5.65 Å². The third-order valence-corrected chi connectivity index (χ3v) is 5.61. The van der Waals surface area contributed by atoms with Crippen molar-refractivity contribution in [2.75, 3.05) is 18.0 Å². The Balaban J connectivity index is 1.84. The van der Waals surface area contributed by atoms with Gasteiger partial charge in [-0.1, -0.05) is 6.92 Å². The van der Waals surface area contributed by atoms with Crippen LogP contribution in [-0.4, -0.2) is 32.8 Å². The van der Waals surface area contributed by atoms with Gasteiger partial charge in [0, 0.05) is 37.5 Å². The highest BCUT2D eigenvalue weighted by Gasteiger charge is 2.37. The number of nitrogens with zero attached hydrogens (tertiary/aromatic N) is 5. The lowest BCUT2D eigenvalue weighted by atomic mass is 9.99.